The highest BCUT2D eigenvalue weighted by atomic mass is 16.6. The number of ether oxygens (including phenoxy) is 2. The summed E-state index contributed by atoms with van der Waals surface area (Å²) in [5, 5.41) is 24.6. The van der Waals surface area contributed by atoms with Crippen LogP contribution in [0.4, 0.5) is 11.4 Å². The molecule has 0 aromatic heterocycles. The Kier molecular flexibility index (Phi) is 8.88. The second kappa shape index (κ2) is 12.9. The van der Waals surface area contributed by atoms with E-state index in [0.717, 1.165) is 10.5 Å². The standard InChI is InChI=1S/C31H30N4O9/c36-17-27(39)34-15-23(32-29(41)21-10-12-22(37)13-11-21)30(42)35(25-9-5-4-8-24(25)34)16-26(38)33-31(14-28(40)43-19-31)44-18-20-6-2-1-3-7-20/h1-13,23,36-37H,14-19H2,(H,32,41)(H,33,38)/t23-,31-/m0/s1. The molecule has 44 heavy (non-hydrogen) atoms. The molecular weight excluding hydrogens is 572 g/mol. The molecule has 228 valence electrons. The first-order valence-corrected chi connectivity index (χ1v) is 13.7. The normalized spacial score (nSPS) is 19.5. The molecule has 2 atom stereocenters. The number of rotatable bonds is 9. The molecule has 2 aliphatic rings. The average Bonchev–Trinajstić information content (AvgIpc) is 3.35. The number of aliphatic hydroxyl groups excluding tert-OH is 1. The smallest absolute Gasteiger partial charge is 0.311 e. The number of nitrogens with zero attached hydrogens (tertiary/aromatic N) is 2. The van der Waals surface area contributed by atoms with Gasteiger partial charge in [-0.3, -0.25) is 28.9 Å². The first-order chi connectivity index (χ1) is 21.2. The van der Waals surface area contributed by atoms with Crippen molar-refractivity contribution in [1.82, 2.24) is 10.6 Å². The Morgan fingerprint density at radius 2 is 1.64 bits per heavy atom. The van der Waals surface area contributed by atoms with Gasteiger partial charge in [0.1, 0.15) is 31.5 Å². The van der Waals surface area contributed by atoms with Gasteiger partial charge < -0.3 is 35.2 Å². The lowest BCUT2D eigenvalue weighted by atomic mass is 10.1. The second-order valence-corrected chi connectivity index (χ2v) is 10.3. The Hall–Kier alpha value is -5.27. The zero-order valence-electron chi connectivity index (χ0n) is 23.5. The van der Waals surface area contributed by atoms with Crippen molar-refractivity contribution in [1.29, 1.82) is 0 Å². The number of phenols is 1. The quantitative estimate of drug-likeness (QED) is 0.204. The third-order valence-electron chi connectivity index (χ3n) is 7.19. The predicted octanol–water partition coefficient (Wildman–Crippen LogP) is 0.839. The molecule has 3 aromatic rings. The van der Waals surface area contributed by atoms with Crippen LogP contribution >= 0.6 is 0 Å². The van der Waals surface area contributed by atoms with Crippen molar-refractivity contribution in [2.24, 2.45) is 0 Å². The molecule has 13 nitrogen and oxygen atoms in total. The zero-order chi connectivity index (χ0) is 31.3. The molecule has 0 radical (unpaired) electrons. The molecule has 0 bridgehead atoms. The van der Waals surface area contributed by atoms with Crippen LogP contribution in [0.5, 0.6) is 5.75 Å². The maximum absolute atomic E-state index is 14.0. The summed E-state index contributed by atoms with van der Waals surface area (Å²) in [5.74, 6) is -3.40. The summed E-state index contributed by atoms with van der Waals surface area (Å²) >= 11 is 0. The fourth-order valence-corrected chi connectivity index (χ4v) is 5.01. The van der Waals surface area contributed by atoms with E-state index < -0.39 is 54.5 Å². The molecule has 0 unspecified atom stereocenters. The molecule has 0 saturated carbocycles. The predicted molar refractivity (Wildman–Crippen MR) is 155 cm³/mol. The van der Waals surface area contributed by atoms with Crippen LogP contribution in [0.15, 0.2) is 78.9 Å². The number of anilines is 2. The Bertz CT molecular complexity index is 1560. The van der Waals surface area contributed by atoms with Crippen LogP contribution in [0.1, 0.15) is 22.3 Å². The number of para-hydroxylation sites is 2. The summed E-state index contributed by atoms with van der Waals surface area (Å²) in [6, 6.07) is 19.5. The number of benzene rings is 3. The summed E-state index contributed by atoms with van der Waals surface area (Å²) in [5.41, 5.74) is -0.107. The van der Waals surface area contributed by atoms with Crippen molar-refractivity contribution in [2.75, 3.05) is 36.1 Å². The molecule has 2 heterocycles. The largest absolute Gasteiger partial charge is 0.508 e. The van der Waals surface area contributed by atoms with Crippen LogP contribution in [0.2, 0.25) is 0 Å². The molecule has 1 saturated heterocycles. The van der Waals surface area contributed by atoms with Gasteiger partial charge in [-0.15, -0.1) is 0 Å². The molecule has 2 aliphatic heterocycles. The molecule has 0 aliphatic carbocycles. The number of cyclic esters (lactones) is 1. The number of carbonyl (C=O) groups is 5. The number of aliphatic hydroxyl groups is 1. The minimum Gasteiger partial charge on any atom is -0.508 e. The molecule has 4 amide bonds. The summed E-state index contributed by atoms with van der Waals surface area (Å²) in [6.07, 6.45) is -0.250. The molecule has 4 N–H and O–H groups in total. The van der Waals surface area contributed by atoms with Gasteiger partial charge in [0.05, 0.1) is 30.9 Å². The van der Waals surface area contributed by atoms with Gasteiger partial charge in [0.2, 0.25) is 5.91 Å². The van der Waals surface area contributed by atoms with Crippen LogP contribution in [0.3, 0.4) is 0 Å². The van der Waals surface area contributed by atoms with Crippen molar-refractivity contribution in [3.63, 3.8) is 0 Å². The van der Waals surface area contributed by atoms with Gasteiger partial charge in [0, 0.05) is 5.56 Å². The maximum Gasteiger partial charge on any atom is 0.311 e. The number of phenolic OH excluding ortho intramolecular Hbond substituents is 1. The van der Waals surface area contributed by atoms with E-state index in [4.69, 9.17) is 9.47 Å². The van der Waals surface area contributed by atoms with Crippen molar-refractivity contribution in [2.45, 2.75) is 24.8 Å². The van der Waals surface area contributed by atoms with Gasteiger partial charge in [0.25, 0.3) is 17.7 Å². The number of aromatic hydroxyl groups is 1. The average molecular weight is 603 g/mol. The molecule has 0 spiro atoms. The number of amides is 4. The minimum absolute atomic E-state index is 0.0562. The Morgan fingerprint density at radius 3 is 2.30 bits per heavy atom. The Morgan fingerprint density at radius 1 is 0.955 bits per heavy atom. The fraction of sp³-hybridized carbons (Fsp3) is 0.258. The first-order valence-electron chi connectivity index (χ1n) is 13.7. The summed E-state index contributed by atoms with van der Waals surface area (Å²) < 4.78 is 11.1. The van der Waals surface area contributed by atoms with Crippen LogP contribution in [0, 0.1) is 0 Å². The van der Waals surface area contributed by atoms with Gasteiger partial charge in [-0.25, -0.2) is 0 Å². The van der Waals surface area contributed by atoms with Gasteiger partial charge in [0.15, 0.2) is 5.72 Å². The van der Waals surface area contributed by atoms with Gasteiger partial charge in [-0.1, -0.05) is 42.5 Å². The van der Waals surface area contributed by atoms with E-state index >= 15 is 0 Å². The third kappa shape index (κ3) is 6.69. The van der Waals surface area contributed by atoms with Crippen molar-refractivity contribution in [3.05, 3.63) is 90.0 Å². The number of carbonyl (C=O) groups excluding carboxylic acids is 5. The molecule has 1 fully saturated rings. The number of nitrogens with one attached hydrogen (secondary N) is 2. The maximum atomic E-state index is 14.0. The van der Waals surface area contributed by atoms with E-state index in [0.29, 0.717) is 0 Å². The van der Waals surface area contributed by atoms with E-state index in [2.05, 4.69) is 10.6 Å². The topological polar surface area (TPSA) is 175 Å². The van der Waals surface area contributed by atoms with E-state index in [-0.39, 0.29) is 48.9 Å². The van der Waals surface area contributed by atoms with E-state index in [1.807, 2.05) is 30.3 Å². The van der Waals surface area contributed by atoms with Crippen LogP contribution in [-0.4, -0.2) is 77.9 Å². The molecule has 13 heteroatoms. The van der Waals surface area contributed by atoms with E-state index in [1.54, 1.807) is 18.2 Å². The SMILES string of the molecule is O=C(CN1C(=O)[C@@H](NC(=O)c2ccc(O)cc2)CN(C(=O)CO)c2ccccc21)N[C@@]1(OCc2ccccc2)COC(=O)C1. The lowest BCUT2D eigenvalue weighted by Gasteiger charge is -2.30. The lowest BCUT2D eigenvalue weighted by Crippen LogP contribution is -2.57. The monoisotopic (exact) mass is 602 g/mol. The third-order valence-corrected chi connectivity index (χ3v) is 7.19. The van der Waals surface area contributed by atoms with E-state index in [9.17, 15) is 34.2 Å². The van der Waals surface area contributed by atoms with E-state index in [1.165, 1.54) is 35.2 Å². The van der Waals surface area contributed by atoms with Crippen LogP contribution in [0.25, 0.3) is 0 Å². The lowest BCUT2D eigenvalue weighted by molar-refractivity contribution is -0.138. The molecule has 5 rings (SSSR count). The van der Waals surface area contributed by atoms with Crippen molar-refractivity contribution >= 4 is 41.0 Å². The number of fused-ring (bicyclic) bond motifs is 1. The highest BCUT2D eigenvalue weighted by Gasteiger charge is 2.44. The first kappa shape index (κ1) is 30.2. The Labute approximate surface area is 252 Å². The number of hydrogen-bond acceptors (Lipinski definition) is 9. The van der Waals surface area contributed by atoms with Crippen molar-refractivity contribution in [3.8, 4) is 5.75 Å². The molecule has 3 aromatic carbocycles. The molecular formula is C31H30N4O9. The number of hydrogen-bond donors (Lipinski definition) is 4. The zero-order valence-corrected chi connectivity index (χ0v) is 23.5. The highest BCUT2D eigenvalue weighted by Crippen LogP contribution is 2.33. The minimum atomic E-state index is -1.48. The number of esters is 1. The highest BCUT2D eigenvalue weighted by molar-refractivity contribution is 6.11. The summed E-state index contributed by atoms with van der Waals surface area (Å²) in [7, 11) is 0. The second-order valence-electron chi connectivity index (χ2n) is 10.3. The fourth-order valence-electron chi connectivity index (χ4n) is 5.01. The van der Waals surface area contributed by atoms with Crippen LogP contribution in [-0.2, 0) is 35.3 Å². The summed E-state index contributed by atoms with van der Waals surface area (Å²) in [6.45, 7) is -1.92. The Balaban J connectivity index is 1.42. The van der Waals surface area contributed by atoms with Gasteiger partial charge in [-0.2, -0.15) is 0 Å². The summed E-state index contributed by atoms with van der Waals surface area (Å²) in [4.78, 5) is 67.8. The van der Waals surface area contributed by atoms with Crippen LogP contribution < -0.4 is 20.4 Å². The van der Waals surface area contributed by atoms with Gasteiger partial charge >= 0.3 is 5.97 Å². The van der Waals surface area contributed by atoms with Crippen molar-refractivity contribution < 1.29 is 43.7 Å². The van der Waals surface area contributed by atoms with Gasteiger partial charge in [-0.05, 0) is 42.0 Å².